The van der Waals surface area contributed by atoms with Crippen LogP contribution in [0.25, 0.3) is 0 Å². The second-order valence-corrected chi connectivity index (χ2v) is 5.53. The molecule has 0 amide bonds. The minimum atomic E-state index is -0.427. The number of hydrogen-bond donors (Lipinski definition) is 0. The maximum Gasteiger partial charge on any atom is 0.348 e. The Hall–Kier alpha value is -1.30. The lowest BCUT2D eigenvalue weighted by Gasteiger charge is -2.14. The zero-order valence-electron chi connectivity index (χ0n) is 12.5. The van der Waals surface area contributed by atoms with E-state index >= 15 is 0 Å². The van der Waals surface area contributed by atoms with Gasteiger partial charge in [0.15, 0.2) is 0 Å². The summed E-state index contributed by atoms with van der Waals surface area (Å²) < 4.78 is 5.32. The standard InChI is InChI=1S/C16H25NO2/c1-5-7-8-13(6-2)10-19-16(18)14(9-17)15-11(3)12(15)4/h11-13H,5-8,10H2,1-4H3. The van der Waals surface area contributed by atoms with Gasteiger partial charge >= 0.3 is 5.97 Å². The van der Waals surface area contributed by atoms with Crippen LogP contribution in [0.1, 0.15) is 53.4 Å². The Morgan fingerprint density at radius 1 is 1.37 bits per heavy atom. The maximum absolute atomic E-state index is 11.9. The van der Waals surface area contributed by atoms with Crippen LogP contribution < -0.4 is 0 Å². The fourth-order valence-corrected chi connectivity index (χ4v) is 2.41. The molecule has 0 aromatic heterocycles. The van der Waals surface area contributed by atoms with Crippen molar-refractivity contribution in [2.75, 3.05) is 6.61 Å². The van der Waals surface area contributed by atoms with E-state index in [-0.39, 0.29) is 5.57 Å². The van der Waals surface area contributed by atoms with Gasteiger partial charge in [-0.15, -0.1) is 0 Å². The quantitative estimate of drug-likeness (QED) is 0.398. The summed E-state index contributed by atoms with van der Waals surface area (Å²) in [6, 6.07) is 2.01. The van der Waals surface area contributed by atoms with Crippen molar-refractivity contribution in [3.8, 4) is 6.07 Å². The van der Waals surface area contributed by atoms with Crippen molar-refractivity contribution in [1.82, 2.24) is 0 Å². The molecule has 3 unspecified atom stereocenters. The maximum atomic E-state index is 11.9. The van der Waals surface area contributed by atoms with Crippen LogP contribution in [0.4, 0.5) is 0 Å². The summed E-state index contributed by atoms with van der Waals surface area (Å²) in [6.07, 6.45) is 4.42. The zero-order valence-corrected chi connectivity index (χ0v) is 12.5. The topological polar surface area (TPSA) is 50.1 Å². The van der Waals surface area contributed by atoms with Crippen LogP contribution in [0.5, 0.6) is 0 Å². The highest BCUT2D eigenvalue weighted by Crippen LogP contribution is 2.46. The molecule has 0 aromatic rings. The summed E-state index contributed by atoms with van der Waals surface area (Å²) in [5.74, 6) is 0.695. The first kappa shape index (κ1) is 15.8. The van der Waals surface area contributed by atoms with E-state index in [2.05, 4.69) is 13.8 Å². The molecular formula is C16H25NO2. The van der Waals surface area contributed by atoms with E-state index in [1.165, 1.54) is 0 Å². The number of nitrogens with zero attached hydrogens (tertiary/aromatic N) is 1. The van der Waals surface area contributed by atoms with Crippen LogP contribution in [0, 0.1) is 29.1 Å². The van der Waals surface area contributed by atoms with Gasteiger partial charge in [-0.2, -0.15) is 5.26 Å². The van der Waals surface area contributed by atoms with Gasteiger partial charge in [-0.05, 0) is 29.7 Å². The molecule has 0 radical (unpaired) electrons. The summed E-state index contributed by atoms with van der Waals surface area (Å²) in [5, 5.41) is 9.10. The van der Waals surface area contributed by atoms with Crippen LogP contribution in [-0.2, 0) is 9.53 Å². The van der Waals surface area contributed by atoms with E-state index in [1.807, 2.05) is 19.9 Å². The molecule has 1 aliphatic rings. The van der Waals surface area contributed by atoms with Gasteiger partial charge in [0, 0.05) is 0 Å². The first-order chi connectivity index (χ1) is 9.06. The number of carbonyl (C=O) groups excluding carboxylic acids is 1. The summed E-state index contributed by atoms with van der Waals surface area (Å²) >= 11 is 0. The molecule has 0 saturated heterocycles. The molecule has 0 bridgehead atoms. The molecule has 0 aliphatic heterocycles. The van der Waals surface area contributed by atoms with Crippen molar-refractivity contribution in [3.05, 3.63) is 11.1 Å². The number of ether oxygens (including phenoxy) is 1. The highest BCUT2D eigenvalue weighted by Gasteiger charge is 2.41. The van der Waals surface area contributed by atoms with Crippen molar-refractivity contribution in [1.29, 1.82) is 5.26 Å². The molecular weight excluding hydrogens is 238 g/mol. The van der Waals surface area contributed by atoms with Crippen LogP contribution >= 0.6 is 0 Å². The van der Waals surface area contributed by atoms with Gasteiger partial charge in [0.25, 0.3) is 0 Å². The lowest BCUT2D eigenvalue weighted by Crippen LogP contribution is -2.15. The van der Waals surface area contributed by atoms with E-state index in [0.717, 1.165) is 31.3 Å². The number of esters is 1. The van der Waals surface area contributed by atoms with Gasteiger partial charge in [-0.3, -0.25) is 0 Å². The van der Waals surface area contributed by atoms with Gasteiger partial charge in [-0.25, -0.2) is 4.79 Å². The summed E-state index contributed by atoms with van der Waals surface area (Å²) in [6.45, 7) is 8.80. The Morgan fingerprint density at radius 3 is 2.42 bits per heavy atom. The monoisotopic (exact) mass is 263 g/mol. The third-order valence-electron chi connectivity index (χ3n) is 4.22. The predicted octanol–water partition coefficient (Wildman–Crippen LogP) is 3.85. The van der Waals surface area contributed by atoms with Gasteiger partial charge in [0.2, 0.25) is 0 Å². The molecule has 1 saturated carbocycles. The first-order valence-electron chi connectivity index (χ1n) is 7.37. The third kappa shape index (κ3) is 4.09. The fraction of sp³-hybridized carbons (Fsp3) is 0.750. The van der Waals surface area contributed by atoms with Gasteiger partial charge in [0.05, 0.1) is 6.61 Å². The number of nitriles is 1. The molecule has 1 aliphatic carbocycles. The zero-order chi connectivity index (χ0) is 14.4. The number of unbranched alkanes of at least 4 members (excludes halogenated alkanes) is 1. The Bertz CT molecular complexity index is 382. The Labute approximate surface area is 116 Å². The van der Waals surface area contributed by atoms with Crippen molar-refractivity contribution < 1.29 is 9.53 Å². The van der Waals surface area contributed by atoms with Gasteiger partial charge in [-0.1, -0.05) is 47.0 Å². The molecule has 1 rings (SSSR count). The van der Waals surface area contributed by atoms with Crippen molar-refractivity contribution in [2.45, 2.75) is 53.4 Å². The highest BCUT2D eigenvalue weighted by molar-refractivity contribution is 5.94. The van der Waals surface area contributed by atoms with Crippen LogP contribution in [0.15, 0.2) is 11.1 Å². The lowest BCUT2D eigenvalue weighted by molar-refractivity contribution is -0.140. The molecule has 0 spiro atoms. The molecule has 3 atom stereocenters. The van der Waals surface area contributed by atoms with E-state index in [1.54, 1.807) is 0 Å². The molecule has 1 fully saturated rings. The van der Waals surface area contributed by atoms with Gasteiger partial charge < -0.3 is 4.74 Å². The summed E-state index contributed by atoms with van der Waals surface area (Å²) in [5.41, 5.74) is 1.21. The highest BCUT2D eigenvalue weighted by atomic mass is 16.5. The normalized spacial score (nSPS) is 22.6. The van der Waals surface area contributed by atoms with Crippen molar-refractivity contribution in [2.24, 2.45) is 17.8 Å². The molecule has 3 nitrogen and oxygen atoms in total. The Kier molecular flexibility index (Phi) is 6.08. The van der Waals surface area contributed by atoms with Crippen molar-refractivity contribution >= 4 is 5.97 Å². The number of rotatable bonds is 7. The second-order valence-electron chi connectivity index (χ2n) is 5.53. The van der Waals surface area contributed by atoms with E-state index < -0.39 is 5.97 Å². The van der Waals surface area contributed by atoms with Crippen LogP contribution in [-0.4, -0.2) is 12.6 Å². The fourth-order valence-electron chi connectivity index (χ4n) is 2.41. The molecule has 106 valence electrons. The second kappa shape index (κ2) is 7.33. The summed E-state index contributed by atoms with van der Waals surface area (Å²) in [7, 11) is 0. The third-order valence-corrected chi connectivity index (χ3v) is 4.22. The Balaban J connectivity index is 2.51. The van der Waals surface area contributed by atoms with Crippen LogP contribution in [0.2, 0.25) is 0 Å². The summed E-state index contributed by atoms with van der Waals surface area (Å²) in [4.78, 5) is 11.9. The average Bonchev–Trinajstić information content (AvgIpc) is 2.99. The number of allylic oxidation sites excluding steroid dienone is 1. The van der Waals surface area contributed by atoms with Crippen LogP contribution in [0.3, 0.4) is 0 Å². The van der Waals surface area contributed by atoms with E-state index in [0.29, 0.717) is 24.4 Å². The first-order valence-corrected chi connectivity index (χ1v) is 7.37. The number of carbonyl (C=O) groups is 1. The smallest absolute Gasteiger partial charge is 0.348 e. The predicted molar refractivity (Wildman–Crippen MR) is 75.2 cm³/mol. The van der Waals surface area contributed by atoms with E-state index in [9.17, 15) is 4.79 Å². The molecule has 0 heterocycles. The molecule has 19 heavy (non-hydrogen) atoms. The SMILES string of the molecule is CCCCC(CC)COC(=O)C(C#N)=C1C(C)C1C. The minimum Gasteiger partial charge on any atom is -0.461 e. The lowest BCUT2D eigenvalue weighted by atomic mass is 10.0. The number of hydrogen-bond acceptors (Lipinski definition) is 3. The van der Waals surface area contributed by atoms with Gasteiger partial charge in [0.1, 0.15) is 11.6 Å². The molecule has 3 heteroatoms. The average molecular weight is 263 g/mol. The van der Waals surface area contributed by atoms with E-state index in [4.69, 9.17) is 10.00 Å². The Morgan fingerprint density at radius 2 is 2.00 bits per heavy atom. The minimum absolute atomic E-state index is 0.241. The largest absolute Gasteiger partial charge is 0.461 e. The molecule has 0 N–H and O–H groups in total. The molecule has 0 aromatic carbocycles. The van der Waals surface area contributed by atoms with Crippen molar-refractivity contribution in [3.63, 3.8) is 0 Å².